The van der Waals surface area contributed by atoms with Crippen molar-refractivity contribution < 1.29 is 19.1 Å². The minimum Gasteiger partial charge on any atom is -0.497 e. The highest BCUT2D eigenvalue weighted by atomic mass is 16.5. The van der Waals surface area contributed by atoms with Crippen molar-refractivity contribution in [2.75, 3.05) is 59.6 Å². The lowest BCUT2D eigenvalue weighted by molar-refractivity contribution is -0.129. The molecule has 148 valence electrons. The highest BCUT2D eigenvalue weighted by Gasteiger charge is 2.33. The van der Waals surface area contributed by atoms with E-state index >= 15 is 0 Å². The number of hydrogen-bond acceptors (Lipinski definition) is 5. The standard InChI is InChI=1S/C20H29N3O4/c1-26-18-4-2-3-16(13-18)5-7-23-15-17(14-19(23)24)20(25)21-6-8-22-9-11-27-12-10-22/h2-4,13,17H,5-12,14-15H2,1H3,(H,21,25). The number of benzene rings is 1. The summed E-state index contributed by atoms with van der Waals surface area (Å²) in [6, 6.07) is 7.86. The molecule has 0 saturated carbocycles. The first-order chi connectivity index (χ1) is 13.2. The second kappa shape index (κ2) is 9.71. The van der Waals surface area contributed by atoms with Crippen LogP contribution in [0.15, 0.2) is 24.3 Å². The number of likely N-dealkylation sites (tertiary alicyclic amines) is 1. The summed E-state index contributed by atoms with van der Waals surface area (Å²) in [5.41, 5.74) is 1.13. The van der Waals surface area contributed by atoms with E-state index in [-0.39, 0.29) is 17.7 Å². The molecule has 0 aliphatic carbocycles. The second-order valence-corrected chi connectivity index (χ2v) is 7.09. The summed E-state index contributed by atoms with van der Waals surface area (Å²) in [4.78, 5) is 28.7. The molecule has 0 spiro atoms. The number of carbonyl (C=O) groups is 2. The average molecular weight is 375 g/mol. The van der Waals surface area contributed by atoms with E-state index in [1.165, 1.54) is 0 Å². The van der Waals surface area contributed by atoms with E-state index in [0.717, 1.165) is 50.6 Å². The van der Waals surface area contributed by atoms with E-state index in [2.05, 4.69) is 10.2 Å². The van der Waals surface area contributed by atoms with E-state index in [4.69, 9.17) is 9.47 Å². The van der Waals surface area contributed by atoms with Gasteiger partial charge in [-0.25, -0.2) is 0 Å². The van der Waals surface area contributed by atoms with Gasteiger partial charge in [0, 0.05) is 45.7 Å². The Labute approximate surface area is 160 Å². The van der Waals surface area contributed by atoms with Crippen LogP contribution < -0.4 is 10.1 Å². The number of carbonyl (C=O) groups excluding carboxylic acids is 2. The topological polar surface area (TPSA) is 71.1 Å². The number of nitrogens with zero attached hydrogens (tertiary/aromatic N) is 2. The normalized spacial score (nSPS) is 20.7. The van der Waals surface area contributed by atoms with Gasteiger partial charge in [-0.15, -0.1) is 0 Å². The Morgan fingerprint density at radius 1 is 1.30 bits per heavy atom. The van der Waals surface area contributed by atoms with Crippen LogP contribution in [0.2, 0.25) is 0 Å². The van der Waals surface area contributed by atoms with Crippen LogP contribution in [0.5, 0.6) is 5.75 Å². The van der Waals surface area contributed by atoms with Gasteiger partial charge in [-0.2, -0.15) is 0 Å². The predicted molar refractivity (Wildman–Crippen MR) is 102 cm³/mol. The molecule has 3 rings (SSSR count). The molecule has 1 N–H and O–H groups in total. The van der Waals surface area contributed by atoms with Gasteiger partial charge in [-0.1, -0.05) is 12.1 Å². The fourth-order valence-electron chi connectivity index (χ4n) is 3.56. The minimum absolute atomic E-state index is 0.0134. The van der Waals surface area contributed by atoms with Crippen LogP contribution in [0, 0.1) is 5.92 Å². The van der Waals surface area contributed by atoms with E-state index in [1.807, 2.05) is 24.3 Å². The Balaban J connectivity index is 1.40. The van der Waals surface area contributed by atoms with Crippen molar-refractivity contribution in [3.05, 3.63) is 29.8 Å². The Hall–Kier alpha value is -2.12. The minimum atomic E-state index is -0.243. The molecule has 0 radical (unpaired) electrons. The maximum atomic E-state index is 12.4. The predicted octanol–water partition coefficient (Wildman–Crippen LogP) is 0.535. The van der Waals surface area contributed by atoms with Gasteiger partial charge in [0.25, 0.3) is 0 Å². The molecule has 1 aromatic carbocycles. The maximum Gasteiger partial charge on any atom is 0.225 e. The molecule has 1 unspecified atom stereocenters. The zero-order chi connectivity index (χ0) is 19.1. The summed E-state index contributed by atoms with van der Waals surface area (Å²) in [7, 11) is 1.64. The molecule has 7 nitrogen and oxygen atoms in total. The highest BCUT2D eigenvalue weighted by Crippen LogP contribution is 2.19. The van der Waals surface area contributed by atoms with Gasteiger partial charge in [0.2, 0.25) is 11.8 Å². The highest BCUT2D eigenvalue weighted by molar-refractivity contribution is 5.89. The molecule has 2 aliphatic rings. The summed E-state index contributed by atoms with van der Waals surface area (Å²) >= 11 is 0. The second-order valence-electron chi connectivity index (χ2n) is 7.09. The van der Waals surface area contributed by atoms with Crippen molar-refractivity contribution in [2.24, 2.45) is 5.92 Å². The van der Waals surface area contributed by atoms with Gasteiger partial charge < -0.3 is 19.7 Å². The van der Waals surface area contributed by atoms with Gasteiger partial charge in [-0.3, -0.25) is 14.5 Å². The zero-order valence-electron chi connectivity index (χ0n) is 16.0. The first-order valence-corrected chi connectivity index (χ1v) is 9.64. The average Bonchev–Trinajstić information content (AvgIpc) is 3.08. The monoisotopic (exact) mass is 375 g/mol. The van der Waals surface area contributed by atoms with Crippen molar-refractivity contribution in [2.45, 2.75) is 12.8 Å². The number of morpholine rings is 1. The fraction of sp³-hybridized carbons (Fsp3) is 0.600. The van der Waals surface area contributed by atoms with E-state index in [1.54, 1.807) is 12.0 Å². The molecule has 2 heterocycles. The number of rotatable bonds is 8. The summed E-state index contributed by atoms with van der Waals surface area (Å²) in [5, 5.41) is 2.99. The zero-order valence-corrected chi connectivity index (χ0v) is 16.0. The fourth-order valence-corrected chi connectivity index (χ4v) is 3.56. The van der Waals surface area contributed by atoms with Crippen LogP contribution in [-0.4, -0.2) is 81.2 Å². The molecule has 1 aromatic rings. The smallest absolute Gasteiger partial charge is 0.225 e. The SMILES string of the molecule is COc1cccc(CCN2CC(C(=O)NCCN3CCOCC3)CC2=O)c1. The van der Waals surface area contributed by atoms with Crippen molar-refractivity contribution >= 4 is 11.8 Å². The lowest BCUT2D eigenvalue weighted by Gasteiger charge is -2.26. The number of nitrogens with one attached hydrogen (secondary N) is 1. The van der Waals surface area contributed by atoms with Crippen molar-refractivity contribution in [1.82, 2.24) is 15.1 Å². The van der Waals surface area contributed by atoms with Crippen molar-refractivity contribution in [1.29, 1.82) is 0 Å². The molecule has 27 heavy (non-hydrogen) atoms. The Kier molecular flexibility index (Phi) is 7.06. The first kappa shape index (κ1) is 19.6. The van der Waals surface area contributed by atoms with Crippen LogP contribution >= 0.6 is 0 Å². The van der Waals surface area contributed by atoms with Gasteiger partial charge in [0.1, 0.15) is 5.75 Å². The van der Waals surface area contributed by atoms with Crippen LogP contribution in [0.1, 0.15) is 12.0 Å². The third kappa shape index (κ3) is 5.68. The van der Waals surface area contributed by atoms with Crippen LogP contribution in [0.4, 0.5) is 0 Å². The largest absolute Gasteiger partial charge is 0.497 e. The lowest BCUT2D eigenvalue weighted by atomic mass is 10.1. The Morgan fingerprint density at radius 2 is 2.11 bits per heavy atom. The van der Waals surface area contributed by atoms with Gasteiger partial charge in [0.15, 0.2) is 0 Å². The number of ether oxygens (including phenoxy) is 2. The third-order valence-electron chi connectivity index (χ3n) is 5.22. The summed E-state index contributed by atoms with van der Waals surface area (Å²) in [6.07, 6.45) is 1.07. The molecule has 2 aliphatic heterocycles. The van der Waals surface area contributed by atoms with E-state index < -0.39 is 0 Å². The number of methoxy groups -OCH3 is 1. The molecular formula is C20H29N3O4. The van der Waals surface area contributed by atoms with Gasteiger partial charge >= 0.3 is 0 Å². The molecule has 1 atom stereocenters. The van der Waals surface area contributed by atoms with Crippen LogP contribution in [0.3, 0.4) is 0 Å². The Morgan fingerprint density at radius 3 is 2.89 bits per heavy atom. The quantitative estimate of drug-likeness (QED) is 0.718. The summed E-state index contributed by atoms with van der Waals surface area (Å²) < 4.78 is 10.6. The molecule has 2 amide bonds. The van der Waals surface area contributed by atoms with Crippen LogP contribution in [-0.2, 0) is 20.7 Å². The summed E-state index contributed by atoms with van der Waals surface area (Å²) in [5.74, 6) is 0.622. The molecular weight excluding hydrogens is 346 g/mol. The Bertz CT molecular complexity index is 646. The van der Waals surface area contributed by atoms with Gasteiger partial charge in [-0.05, 0) is 24.1 Å². The number of hydrogen-bond donors (Lipinski definition) is 1. The molecule has 2 saturated heterocycles. The van der Waals surface area contributed by atoms with E-state index in [0.29, 0.717) is 26.1 Å². The molecule has 0 bridgehead atoms. The lowest BCUT2D eigenvalue weighted by Crippen LogP contribution is -2.42. The van der Waals surface area contributed by atoms with Gasteiger partial charge in [0.05, 0.1) is 26.2 Å². The van der Waals surface area contributed by atoms with E-state index in [9.17, 15) is 9.59 Å². The molecule has 0 aromatic heterocycles. The third-order valence-corrected chi connectivity index (χ3v) is 5.22. The van der Waals surface area contributed by atoms with Crippen LogP contribution in [0.25, 0.3) is 0 Å². The molecule has 2 fully saturated rings. The van der Waals surface area contributed by atoms with Crippen molar-refractivity contribution in [3.8, 4) is 5.75 Å². The number of amides is 2. The maximum absolute atomic E-state index is 12.4. The first-order valence-electron chi connectivity index (χ1n) is 9.64. The summed E-state index contributed by atoms with van der Waals surface area (Å²) in [6.45, 7) is 5.92. The van der Waals surface area contributed by atoms with Crippen molar-refractivity contribution in [3.63, 3.8) is 0 Å². The molecule has 7 heteroatoms.